The smallest absolute Gasteiger partial charge is 0.226 e. The molecule has 30 heavy (non-hydrogen) atoms. The third-order valence-electron chi connectivity index (χ3n) is 6.09. The molecule has 154 valence electrons. The van der Waals surface area contributed by atoms with Crippen LogP contribution in [-0.4, -0.2) is 27.2 Å². The van der Waals surface area contributed by atoms with Gasteiger partial charge in [-0.1, -0.05) is 35.9 Å². The molecule has 1 aromatic carbocycles. The van der Waals surface area contributed by atoms with Crippen molar-refractivity contribution in [3.63, 3.8) is 0 Å². The third kappa shape index (κ3) is 3.51. The van der Waals surface area contributed by atoms with Crippen LogP contribution in [-0.2, 0) is 11.2 Å². The summed E-state index contributed by atoms with van der Waals surface area (Å²) < 4.78 is 1.90. The number of benzene rings is 1. The Kier molecular flexibility index (Phi) is 5.06. The van der Waals surface area contributed by atoms with Crippen molar-refractivity contribution in [1.29, 1.82) is 0 Å². The number of nitrogens with zero attached hydrogens (tertiary/aromatic N) is 3. The summed E-state index contributed by atoms with van der Waals surface area (Å²) in [5, 5.41) is 7.88. The van der Waals surface area contributed by atoms with Crippen molar-refractivity contribution in [3.8, 4) is 5.82 Å². The Labute approximate surface area is 175 Å². The highest BCUT2D eigenvalue weighted by atomic mass is 16.2. The second-order valence-electron chi connectivity index (χ2n) is 8.12. The van der Waals surface area contributed by atoms with Crippen molar-refractivity contribution in [3.05, 3.63) is 77.2 Å². The standard InChI is InChI=1S/C23H26N6O/c1-15-6-4-7-16(12-15)22-18(13-25-28-22)23(30)27-19-8-5-9-20-17(19)14-26-29(20)21-10-2-3-11-24-21/h2-4,6-7,10-12,14,18-19,22,25,28H,5,8-9,13H2,1H3,(H,27,30). The number of amides is 1. The molecule has 0 radical (unpaired) electrons. The third-order valence-corrected chi connectivity index (χ3v) is 6.09. The predicted molar refractivity (Wildman–Crippen MR) is 114 cm³/mol. The molecule has 1 aliphatic heterocycles. The first-order chi connectivity index (χ1) is 14.7. The Morgan fingerprint density at radius 1 is 1.23 bits per heavy atom. The van der Waals surface area contributed by atoms with Gasteiger partial charge in [0.05, 0.1) is 29.9 Å². The van der Waals surface area contributed by atoms with E-state index in [4.69, 9.17) is 0 Å². The number of carbonyl (C=O) groups is 1. The van der Waals surface area contributed by atoms with Crippen LogP contribution in [0.25, 0.3) is 5.82 Å². The molecule has 1 aliphatic carbocycles. The largest absolute Gasteiger partial charge is 0.349 e. The molecule has 0 saturated carbocycles. The minimum atomic E-state index is -0.164. The van der Waals surface area contributed by atoms with E-state index < -0.39 is 0 Å². The first kappa shape index (κ1) is 19.0. The molecule has 2 aliphatic rings. The van der Waals surface area contributed by atoms with Crippen LogP contribution in [0.15, 0.2) is 54.9 Å². The van der Waals surface area contributed by atoms with Crippen molar-refractivity contribution in [1.82, 2.24) is 30.9 Å². The lowest BCUT2D eigenvalue weighted by molar-refractivity contribution is -0.125. The summed E-state index contributed by atoms with van der Waals surface area (Å²) in [4.78, 5) is 17.7. The number of carbonyl (C=O) groups excluding carboxylic acids is 1. The maximum Gasteiger partial charge on any atom is 0.226 e. The predicted octanol–water partition coefficient (Wildman–Crippen LogP) is 2.53. The number of rotatable bonds is 4. The quantitative estimate of drug-likeness (QED) is 0.625. The van der Waals surface area contributed by atoms with Crippen molar-refractivity contribution in [2.45, 2.75) is 38.3 Å². The lowest BCUT2D eigenvalue weighted by Gasteiger charge is -2.26. The van der Waals surface area contributed by atoms with E-state index in [-0.39, 0.29) is 23.9 Å². The van der Waals surface area contributed by atoms with Gasteiger partial charge >= 0.3 is 0 Å². The first-order valence-electron chi connectivity index (χ1n) is 10.5. The Hall–Kier alpha value is -3.03. The number of aryl methyl sites for hydroxylation is 1. The maximum atomic E-state index is 13.2. The topological polar surface area (TPSA) is 83.9 Å². The highest BCUT2D eigenvalue weighted by Gasteiger charge is 2.36. The van der Waals surface area contributed by atoms with Crippen LogP contribution in [0, 0.1) is 12.8 Å². The number of hydrogen-bond acceptors (Lipinski definition) is 5. The van der Waals surface area contributed by atoms with Crippen LogP contribution < -0.4 is 16.2 Å². The molecular weight excluding hydrogens is 376 g/mol. The molecule has 0 bridgehead atoms. The van der Waals surface area contributed by atoms with E-state index in [1.807, 2.05) is 35.1 Å². The van der Waals surface area contributed by atoms with Gasteiger partial charge in [-0.3, -0.25) is 10.2 Å². The summed E-state index contributed by atoms with van der Waals surface area (Å²) in [5.41, 5.74) is 11.0. The fourth-order valence-corrected chi connectivity index (χ4v) is 4.58. The van der Waals surface area contributed by atoms with E-state index in [1.165, 1.54) is 5.56 Å². The highest BCUT2D eigenvalue weighted by molar-refractivity contribution is 5.80. The molecule has 0 spiro atoms. The number of hydrogen-bond donors (Lipinski definition) is 3. The van der Waals surface area contributed by atoms with E-state index in [0.717, 1.165) is 41.9 Å². The molecule has 3 unspecified atom stereocenters. The Morgan fingerprint density at radius 2 is 2.17 bits per heavy atom. The van der Waals surface area contributed by atoms with Crippen molar-refractivity contribution >= 4 is 5.91 Å². The fourth-order valence-electron chi connectivity index (χ4n) is 4.58. The molecule has 3 aromatic rings. The Morgan fingerprint density at radius 3 is 3.00 bits per heavy atom. The van der Waals surface area contributed by atoms with Gasteiger partial charge in [0.25, 0.3) is 0 Å². The van der Waals surface area contributed by atoms with E-state index in [0.29, 0.717) is 6.54 Å². The molecule has 1 amide bonds. The number of aromatic nitrogens is 3. The van der Waals surface area contributed by atoms with Crippen LogP contribution in [0.1, 0.15) is 47.3 Å². The van der Waals surface area contributed by atoms with Crippen LogP contribution in [0.3, 0.4) is 0 Å². The average Bonchev–Trinajstić information content (AvgIpc) is 3.42. The SMILES string of the molecule is Cc1cccc(C2NNCC2C(=O)NC2CCCc3c2cnn3-c2ccccn2)c1. The molecule has 7 heteroatoms. The number of hydrazine groups is 1. The summed E-state index contributed by atoms with van der Waals surface area (Å²) >= 11 is 0. The van der Waals surface area contributed by atoms with Crippen LogP contribution in [0.2, 0.25) is 0 Å². The van der Waals surface area contributed by atoms with Gasteiger partial charge in [0.1, 0.15) is 0 Å². The van der Waals surface area contributed by atoms with Crippen LogP contribution in [0.4, 0.5) is 0 Å². The molecule has 2 aromatic heterocycles. The van der Waals surface area contributed by atoms with Gasteiger partial charge in [-0.15, -0.1) is 0 Å². The lowest BCUT2D eigenvalue weighted by Crippen LogP contribution is -2.38. The number of fused-ring (bicyclic) bond motifs is 1. The summed E-state index contributed by atoms with van der Waals surface area (Å²) in [6, 6.07) is 14.1. The fraction of sp³-hybridized carbons (Fsp3) is 0.348. The minimum Gasteiger partial charge on any atom is -0.349 e. The second-order valence-corrected chi connectivity index (χ2v) is 8.12. The molecule has 3 N–H and O–H groups in total. The Bertz CT molecular complexity index is 1050. The number of nitrogens with one attached hydrogen (secondary N) is 3. The molecule has 3 heterocycles. The molecule has 3 atom stereocenters. The minimum absolute atomic E-state index is 0.0162. The van der Waals surface area contributed by atoms with E-state index in [9.17, 15) is 4.79 Å². The van der Waals surface area contributed by atoms with Crippen LogP contribution >= 0.6 is 0 Å². The normalized spacial score (nSPS) is 23.2. The van der Waals surface area contributed by atoms with Gasteiger partial charge in [-0.05, 0) is 43.9 Å². The number of pyridine rings is 1. The maximum absolute atomic E-state index is 13.2. The zero-order valence-corrected chi connectivity index (χ0v) is 17.0. The molecule has 1 saturated heterocycles. The zero-order valence-electron chi connectivity index (χ0n) is 17.0. The van der Waals surface area contributed by atoms with Crippen molar-refractivity contribution in [2.75, 3.05) is 6.54 Å². The molecule has 5 rings (SSSR count). The second kappa shape index (κ2) is 8.01. The molecular formula is C23H26N6O. The molecule has 7 nitrogen and oxygen atoms in total. The van der Waals surface area contributed by atoms with Gasteiger partial charge < -0.3 is 5.32 Å². The van der Waals surface area contributed by atoms with Gasteiger partial charge in [0.15, 0.2) is 5.82 Å². The lowest BCUT2D eigenvalue weighted by atomic mass is 9.90. The first-order valence-corrected chi connectivity index (χ1v) is 10.5. The zero-order chi connectivity index (χ0) is 20.5. The van der Waals surface area contributed by atoms with Gasteiger partial charge in [-0.2, -0.15) is 5.10 Å². The summed E-state index contributed by atoms with van der Waals surface area (Å²) in [6.07, 6.45) is 6.54. The molecule has 1 fully saturated rings. The highest BCUT2D eigenvalue weighted by Crippen LogP contribution is 2.32. The van der Waals surface area contributed by atoms with Crippen LogP contribution in [0.5, 0.6) is 0 Å². The summed E-state index contributed by atoms with van der Waals surface area (Å²) in [7, 11) is 0. The van der Waals surface area contributed by atoms with E-state index in [2.05, 4.69) is 51.4 Å². The average molecular weight is 403 g/mol. The summed E-state index contributed by atoms with van der Waals surface area (Å²) in [5.74, 6) is 0.722. The van der Waals surface area contributed by atoms with Gasteiger partial charge in [-0.25, -0.2) is 15.1 Å². The van der Waals surface area contributed by atoms with Gasteiger partial charge in [0, 0.05) is 18.3 Å². The van der Waals surface area contributed by atoms with Crippen molar-refractivity contribution < 1.29 is 4.79 Å². The van der Waals surface area contributed by atoms with Gasteiger partial charge in [0.2, 0.25) is 5.91 Å². The Balaban J connectivity index is 1.36. The monoisotopic (exact) mass is 402 g/mol. The van der Waals surface area contributed by atoms with Crippen molar-refractivity contribution in [2.24, 2.45) is 5.92 Å². The van der Waals surface area contributed by atoms with E-state index >= 15 is 0 Å². The van der Waals surface area contributed by atoms with E-state index in [1.54, 1.807) is 6.20 Å². The summed E-state index contributed by atoms with van der Waals surface area (Å²) in [6.45, 7) is 2.68.